The average Bonchev–Trinajstić information content (AvgIpc) is 2.74. The van der Waals surface area contributed by atoms with Crippen molar-refractivity contribution in [1.82, 2.24) is 4.72 Å². The first-order valence-corrected chi connectivity index (χ1v) is 9.20. The zero-order valence-corrected chi connectivity index (χ0v) is 13.0. The summed E-state index contributed by atoms with van der Waals surface area (Å²) in [5.41, 5.74) is 6.37. The minimum Gasteiger partial charge on any atom is -0.399 e. The Labute approximate surface area is 124 Å². The van der Waals surface area contributed by atoms with E-state index < -0.39 is 10.0 Å². The lowest BCUT2D eigenvalue weighted by molar-refractivity contribution is 0.117. The highest BCUT2D eigenvalue weighted by Gasteiger charge is 2.28. The molecule has 0 aromatic heterocycles. The summed E-state index contributed by atoms with van der Waals surface area (Å²) < 4.78 is 32.0. The van der Waals surface area contributed by atoms with Crippen LogP contribution in [-0.4, -0.2) is 38.7 Å². The second kappa shape index (κ2) is 6.80. The number of nitrogen functional groups attached to an aromatic ring is 1. The molecule has 0 saturated carbocycles. The number of anilines is 1. The third-order valence-electron chi connectivity index (χ3n) is 3.19. The SMILES string of the molecule is CC1OCCC1NS(=O)(=O)CCSc1cccc(N)c1. The van der Waals surface area contributed by atoms with Gasteiger partial charge in [-0.2, -0.15) is 0 Å². The van der Waals surface area contributed by atoms with E-state index in [0.717, 1.165) is 11.3 Å². The molecule has 2 atom stereocenters. The number of thioether (sulfide) groups is 1. The van der Waals surface area contributed by atoms with Crippen LogP contribution in [0.2, 0.25) is 0 Å². The van der Waals surface area contributed by atoms with Crippen molar-refractivity contribution in [2.24, 2.45) is 0 Å². The van der Waals surface area contributed by atoms with E-state index in [2.05, 4.69) is 4.72 Å². The van der Waals surface area contributed by atoms with E-state index in [1.54, 1.807) is 0 Å². The van der Waals surface area contributed by atoms with Gasteiger partial charge in [0, 0.05) is 29.0 Å². The predicted octanol–water partition coefficient (Wildman–Crippen LogP) is 1.46. The van der Waals surface area contributed by atoms with Crippen LogP contribution in [0.1, 0.15) is 13.3 Å². The molecule has 112 valence electrons. The largest absolute Gasteiger partial charge is 0.399 e. The number of nitrogens with one attached hydrogen (secondary N) is 1. The first-order chi connectivity index (χ1) is 9.46. The second-order valence-corrected chi connectivity index (χ2v) is 7.87. The summed E-state index contributed by atoms with van der Waals surface area (Å²) in [5, 5.41) is 0. The molecule has 1 aliphatic heterocycles. The minimum atomic E-state index is -3.26. The van der Waals surface area contributed by atoms with Crippen LogP contribution >= 0.6 is 11.8 Å². The van der Waals surface area contributed by atoms with Crippen LogP contribution in [0.3, 0.4) is 0 Å². The molecule has 1 aliphatic rings. The summed E-state index contributed by atoms with van der Waals surface area (Å²) in [6.07, 6.45) is 0.689. The third kappa shape index (κ3) is 4.66. The molecule has 3 N–H and O–H groups in total. The average molecular weight is 316 g/mol. The number of ether oxygens (including phenoxy) is 1. The molecule has 0 amide bonds. The van der Waals surface area contributed by atoms with Gasteiger partial charge in [-0.1, -0.05) is 6.07 Å². The molecular weight excluding hydrogens is 296 g/mol. The fourth-order valence-corrected chi connectivity index (χ4v) is 4.78. The van der Waals surface area contributed by atoms with E-state index in [1.165, 1.54) is 11.8 Å². The molecule has 1 heterocycles. The van der Waals surface area contributed by atoms with Crippen molar-refractivity contribution in [3.05, 3.63) is 24.3 Å². The first kappa shape index (κ1) is 15.6. The Bertz CT molecular complexity index is 548. The molecule has 1 aromatic carbocycles. The van der Waals surface area contributed by atoms with Crippen molar-refractivity contribution in [2.75, 3.05) is 23.8 Å². The second-order valence-electron chi connectivity index (χ2n) is 4.83. The van der Waals surface area contributed by atoms with Crippen molar-refractivity contribution in [3.63, 3.8) is 0 Å². The molecule has 0 spiro atoms. The van der Waals surface area contributed by atoms with Crippen molar-refractivity contribution >= 4 is 27.5 Å². The van der Waals surface area contributed by atoms with E-state index in [9.17, 15) is 8.42 Å². The lowest BCUT2D eigenvalue weighted by atomic mass is 10.2. The molecule has 7 heteroatoms. The van der Waals surface area contributed by atoms with Crippen LogP contribution in [0.25, 0.3) is 0 Å². The molecule has 1 aromatic rings. The number of sulfonamides is 1. The Morgan fingerprint density at radius 3 is 2.95 bits per heavy atom. The minimum absolute atomic E-state index is 0.0497. The molecule has 1 saturated heterocycles. The van der Waals surface area contributed by atoms with E-state index in [4.69, 9.17) is 10.5 Å². The number of hydrogen-bond acceptors (Lipinski definition) is 5. The number of hydrogen-bond donors (Lipinski definition) is 2. The summed E-state index contributed by atoms with van der Waals surface area (Å²) >= 11 is 1.49. The molecule has 1 fully saturated rings. The zero-order valence-electron chi connectivity index (χ0n) is 11.4. The van der Waals surface area contributed by atoms with Crippen LogP contribution in [0.4, 0.5) is 5.69 Å². The first-order valence-electron chi connectivity index (χ1n) is 6.56. The zero-order chi connectivity index (χ0) is 14.6. The molecule has 0 bridgehead atoms. The molecule has 2 unspecified atom stereocenters. The fraction of sp³-hybridized carbons (Fsp3) is 0.538. The summed E-state index contributed by atoms with van der Waals surface area (Å²) in [6, 6.07) is 7.34. The number of nitrogens with two attached hydrogens (primary N) is 1. The fourth-order valence-electron chi connectivity index (χ4n) is 2.05. The van der Waals surface area contributed by atoms with E-state index in [-0.39, 0.29) is 17.9 Å². The smallest absolute Gasteiger partial charge is 0.212 e. The van der Waals surface area contributed by atoms with Gasteiger partial charge in [0.2, 0.25) is 10.0 Å². The maximum absolute atomic E-state index is 12.0. The van der Waals surface area contributed by atoms with Crippen LogP contribution in [-0.2, 0) is 14.8 Å². The van der Waals surface area contributed by atoms with Crippen LogP contribution in [0.15, 0.2) is 29.2 Å². The van der Waals surface area contributed by atoms with Gasteiger partial charge in [0.1, 0.15) is 0 Å². The maximum atomic E-state index is 12.0. The number of benzene rings is 1. The maximum Gasteiger partial charge on any atom is 0.212 e. The standard InChI is InChI=1S/C13H20N2O3S2/c1-10-13(5-6-18-10)15-20(16,17)8-7-19-12-4-2-3-11(14)9-12/h2-4,9-10,13,15H,5-8,14H2,1H3. The molecule has 2 rings (SSSR count). The monoisotopic (exact) mass is 316 g/mol. The Kier molecular flexibility index (Phi) is 5.31. The van der Waals surface area contributed by atoms with Crippen LogP contribution in [0, 0.1) is 0 Å². The van der Waals surface area contributed by atoms with E-state index in [0.29, 0.717) is 18.0 Å². The summed E-state index contributed by atoms with van der Waals surface area (Å²) in [4.78, 5) is 0.984. The number of rotatable bonds is 6. The normalized spacial score (nSPS) is 23.1. The van der Waals surface area contributed by atoms with Crippen LogP contribution in [0.5, 0.6) is 0 Å². The Hall–Kier alpha value is -0.760. The van der Waals surface area contributed by atoms with Crippen LogP contribution < -0.4 is 10.5 Å². The summed E-state index contributed by atoms with van der Waals surface area (Å²) in [5.74, 6) is 0.594. The van der Waals surface area contributed by atoms with Gasteiger partial charge in [0.05, 0.1) is 11.9 Å². The van der Waals surface area contributed by atoms with Gasteiger partial charge in [0.25, 0.3) is 0 Å². The van der Waals surface area contributed by atoms with Crippen molar-refractivity contribution in [1.29, 1.82) is 0 Å². The molecule has 20 heavy (non-hydrogen) atoms. The highest BCUT2D eigenvalue weighted by Crippen LogP contribution is 2.20. The van der Waals surface area contributed by atoms with Gasteiger partial charge in [-0.15, -0.1) is 11.8 Å². The van der Waals surface area contributed by atoms with Gasteiger partial charge >= 0.3 is 0 Å². The van der Waals surface area contributed by atoms with Crippen molar-refractivity contribution < 1.29 is 13.2 Å². The third-order valence-corrected chi connectivity index (χ3v) is 5.84. The molecule has 5 nitrogen and oxygen atoms in total. The lowest BCUT2D eigenvalue weighted by Crippen LogP contribution is -2.40. The van der Waals surface area contributed by atoms with Gasteiger partial charge in [-0.25, -0.2) is 13.1 Å². The van der Waals surface area contributed by atoms with E-state index >= 15 is 0 Å². The highest BCUT2D eigenvalue weighted by atomic mass is 32.2. The highest BCUT2D eigenvalue weighted by molar-refractivity contribution is 8.00. The Balaban J connectivity index is 1.80. The topological polar surface area (TPSA) is 81.4 Å². The lowest BCUT2D eigenvalue weighted by Gasteiger charge is -2.16. The molecule has 0 radical (unpaired) electrons. The molecular formula is C13H20N2O3S2. The summed E-state index contributed by atoms with van der Waals surface area (Å²) in [7, 11) is -3.26. The predicted molar refractivity (Wildman–Crippen MR) is 82.3 cm³/mol. The Morgan fingerprint density at radius 1 is 1.50 bits per heavy atom. The van der Waals surface area contributed by atoms with Crippen molar-refractivity contribution in [2.45, 2.75) is 30.4 Å². The van der Waals surface area contributed by atoms with Gasteiger partial charge in [0.15, 0.2) is 0 Å². The summed E-state index contributed by atoms with van der Waals surface area (Å²) in [6.45, 7) is 2.51. The molecule has 0 aliphatic carbocycles. The quantitative estimate of drug-likeness (QED) is 0.613. The van der Waals surface area contributed by atoms with Gasteiger partial charge in [-0.05, 0) is 31.5 Å². The Morgan fingerprint density at radius 2 is 2.30 bits per heavy atom. The van der Waals surface area contributed by atoms with Gasteiger partial charge < -0.3 is 10.5 Å². The van der Waals surface area contributed by atoms with Crippen molar-refractivity contribution in [3.8, 4) is 0 Å². The van der Waals surface area contributed by atoms with Gasteiger partial charge in [-0.3, -0.25) is 0 Å². The van der Waals surface area contributed by atoms with E-state index in [1.807, 2.05) is 31.2 Å².